The van der Waals surface area contributed by atoms with Crippen LogP contribution in [0.25, 0.3) is 0 Å². The lowest BCUT2D eigenvalue weighted by molar-refractivity contribution is 0.450. The van der Waals surface area contributed by atoms with E-state index in [1.807, 2.05) is 0 Å². The lowest BCUT2D eigenvalue weighted by atomic mass is 10.1. The number of sulfonamides is 1. The van der Waals surface area contributed by atoms with Gasteiger partial charge < -0.3 is 15.9 Å². The zero-order valence-electron chi connectivity index (χ0n) is 11.7. The Morgan fingerprint density at radius 3 is 2.36 bits per heavy atom. The first kappa shape index (κ1) is 15.6. The van der Waals surface area contributed by atoms with Crippen molar-refractivity contribution in [3.8, 4) is 11.5 Å². The summed E-state index contributed by atoms with van der Waals surface area (Å²) in [4.78, 5) is 2.10. The van der Waals surface area contributed by atoms with Gasteiger partial charge in [0.1, 0.15) is 11.5 Å². The number of nitrogen functional groups attached to an aromatic ring is 1. The number of nitrogens with one attached hydrogen (secondary N) is 1. The summed E-state index contributed by atoms with van der Waals surface area (Å²) in [5.74, 6) is -0.301. The standard InChI is InChI=1S/C14H15N3O4S/c1-9(13-7-4-11(18)8-14(13)19)16-17-22(20,21)12-5-2-10(15)3-6-12/h2-8,17-19H,15H2,1H3/b16-9+. The molecule has 2 aromatic rings. The number of nitrogens with zero attached hydrogens (tertiary/aromatic N) is 1. The summed E-state index contributed by atoms with van der Waals surface area (Å²) in [6.45, 7) is 1.53. The van der Waals surface area contributed by atoms with Crippen molar-refractivity contribution >= 4 is 21.4 Å². The summed E-state index contributed by atoms with van der Waals surface area (Å²) in [6.07, 6.45) is 0. The lowest BCUT2D eigenvalue weighted by Gasteiger charge is -2.07. The van der Waals surface area contributed by atoms with Crippen molar-refractivity contribution in [1.29, 1.82) is 0 Å². The van der Waals surface area contributed by atoms with E-state index in [1.54, 1.807) is 0 Å². The molecule has 0 aromatic heterocycles. The van der Waals surface area contributed by atoms with E-state index in [9.17, 15) is 18.6 Å². The highest BCUT2D eigenvalue weighted by Crippen LogP contribution is 2.23. The van der Waals surface area contributed by atoms with Crippen molar-refractivity contribution in [2.45, 2.75) is 11.8 Å². The maximum absolute atomic E-state index is 12.1. The van der Waals surface area contributed by atoms with Crippen molar-refractivity contribution in [1.82, 2.24) is 4.83 Å². The van der Waals surface area contributed by atoms with Crippen LogP contribution in [0.1, 0.15) is 12.5 Å². The fraction of sp³-hybridized carbons (Fsp3) is 0.0714. The van der Waals surface area contributed by atoms with Gasteiger partial charge in [-0.1, -0.05) is 0 Å². The van der Waals surface area contributed by atoms with E-state index in [0.29, 0.717) is 11.3 Å². The number of anilines is 1. The molecule has 0 aliphatic rings. The first-order chi connectivity index (χ1) is 10.3. The number of hydrogen-bond donors (Lipinski definition) is 4. The molecule has 0 unspecified atom stereocenters. The normalized spacial score (nSPS) is 12.1. The Bertz CT molecular complexity index is 814. The van der Waals surface area contributed by atoms with Gasteiger partial charge in [-0.25, -0.2) is 0 Å². The quantitative estimate of drug-likeness (QED) is 0.384. The van der Waals surface area contributed by atoms with Crippen molar-refractivity contribution in [2.24, 2.45) is 5.10 Å². The average molecular weight is 321 g/mol. The molecule has 22 heavy (non-hydrogen) atoms. The second kappa shape index (κ2) is 5.94. The van der Waals surface area contributed by atoms with Gasteiger partial charge >= 0.3 is 0 Å². The number of phenols is 2. The fourth-order valence-corrected chi connectivity index (χ4v) is 2.57. The van der Waals surface area contributed by atoms with Crippen LogP contribution < -0.4 is 10.6 Å². The molecule has 0 bridgehead atoms. The predicted octanol–water partition coefficient (Wildman–Crippen LogP) is 1.38. The third kappa shape index (κ3) is 3.47. The molecule has 7 nitrogen and oxygen atoms in total. The number of benzene rings is 2. The highest BCUT2D eigenvalue weighted by atomic mass is 32.2. The molecule has 5 N–H and O–H groups in total. The highest BCUT2D eigenvalue weighted by molar-refractivity contribution is 7.89. The maximum atomic E-state index is 12.1. The Balaban J connectivity index is 2.24. The minimum atomic E-state index is -3.83. The SMILES string of the molecule is C/C(=N\NS(=O)(=O)c1ccc(N)cc1)c1ccc(O)cc1O. The fourth-order valence-electron chi connectivity index (χ4n) is 1.71. The van der Waals surface area contributed by atoms with Gasteiger partial charge in [-0.3, -0.25) is 0 Å². The summed E-state index contributed by atoms with van der Waals surface area (Å²) >= 11 is 0. The second-order valence-electron chi connectivity index (χ2n) is 4.56. The minimum Gasteiger partial charge on any atom is -0.508 e. The molecule has 0 saturated heterocycles. The summed E-state index contributed by atoms with van der Waals surface area (Å²) in [7, 11) is -3.83. The van der Waals surface area contributed by atoms with Gasteiger partial charge in [-0.05, 0) is 43.3 Å². The third-order valence-electron chi connectivity index (χ3n) is 2.90. The summed E-state index contributed by atoms with van der Waals surface area (Å²) in [5.41, 5.74) is 6.51. The molecule has 0 aliphatic carbocycles. The van der Waals surface area contributed by atoms with Gasteiger partial charge in [0, 0.05) is 17.3 Å². The van der Waals surface area contributed by atoms with Gasteiger partial charge in [-0.2, -0.15) is 18.4 Å². The van der Waals surface area contributed by atoms with Gasteiger partial charge in [-0.15, -0.1) is 0 Å². The van der Waals surface area contributed by atoms with Crippen molar-refractivity contribution in [2.75, 3.05) is 5.73 Å². The average Bonchev–Trinajstić information content (AvgIpc) is 2.45. The van der Waals surface area contributed by atoms with Crippen LogP contribution in [0.15, 0.2) is 52.5 Å². The summed E-state index contributed by atoms with van der Waals surface area (Å²) in [6, 6.07) is 9.60. The molecule has 2 aromatic carbocycles. The number of aromatic hydroxyl groups is 2. The topological polar surface area (TPSA) is 125 Å². The van der Waals surface area contributed by atoms with Crippen LogP contribution in [-0.2, 0) is 10.0 Å². The molecule has 0 spiro atoms. The largest absolute Gasteiger partial charge is 0.508 e. The van der Waals surface area contributed by atoms with Gasteiger partial charge in [0.25, 0.3) is 10.0 Å². The second-order valence-corrected chi connectivity index (χ2v) is 6.22. The van der Waals surface area contributed by atoms with E-state index in [0.717, 1.165) is 6.07 Å². The zero-order chi connectivity index (χ0) is 16.3. The van der Waals surface area contributed by atoms with Crippen LogP contribution in [0.2, 0.25) is 0 Å². The minimum absolute atomic E-state index is 0.0215. The Hall–Kier alpha value is -2.74. The van der Waals surface area contributed by atoms with E-state index in [-0.39, 0.29) is 22.1 Å². The Labute approximate surface area is 127 Å². The van der Waals surface area contributed by atoms with E-state index >= 15 is 0 Å². The summed E-state index contributed by atoms with van der Waals surface area (Å²) in [5, 5.41) is 22.7. The third-order valence-corrected chi connectivity index (χ3v) is 4.12. The van der Waals surface area contributed by atoms with Crippen LogP contribution >= 0.6 is 0 Å². The molecule has 116 valence electrons. The van der Waals surface area contributed by atoms with E-state index < -0.39 is 10.0 Å². The number of hydrazone groups is 1. The van der Waals surface area contributed by atoms with Gasteiger partial charge in [0.2, 0.25) is 0 Å². The molecule has 0 aliphatic heterocycles. The van der Waals surface area contributed by atoms with Crippen LogP contribution in [0, 0.1) is 0 Å². The van der Waals surface area contributed by atoms with E-state index in [2.05, 4.69) is 9.93 Å². The predicted molar refractivity (Wildman–Crippen MR) is 83.2 cm³/mol. The summed E-state index contributed by atoms with van der Waals surface area (Å²) < 4.78 is 24.1. The monoisotopic (exact) mass is 321 g/mol. The number of nitrogens with two attached hydrogens (primary N) is 1. The van der Waals surface area contributed by atoms with Gasteiger partial charge in [0.05, 0.1) is 10.6 Å². The smallest absolute Gasteiger partial charge is 0.276 e. The molecule has 2 rings (SSSR count). The zero-order valence-corrected chi connectivity index (χ0v) is 12.5. The van der Waals surface area contributed by atoms with Crippen molar-refractivity contribution < 1.29 is 18.6 Å². The highest BCUT2D eigenvalue weighted by Gasteiger charge is 2.13. The first-order valence-electron chi connectivity index (χ1n) is 6.23. The van der Waals surface area contributed by atoms with Gasteiger partial charge in [0.15, 0.2) is 0 Å². The van der Waals surface area contributed by atoms with Crippen molar-refractivity contribution in [3.05, 3.63) is 48.0 Å². The molecule has 0 amide bonds. The van der Waals surface area contributed by atoms with Crippen molar-refractivity contribution in [3.63, 3.8) is 0 Å². The number of phenolic OH excluding ortho intramolecular Hbond substituents is 2. The van der Waals surface area contributed by atoms with E-state index in [1.165, 1.54) is 43.3 Å². The molecular formula is C14H15N3O4S. The molecule has 0 saturated carbocycles. The van der Waals surface area contributed by atoms with Crippen LogP contribution in [-0.4, -0.2) is 24.3 Å². The molecular weight excluding hydrogens is 306 g/mol. The lowest BCUT2D eigenvalue weighted by Crippen LogP contribution is -2.20. The van der Waals surface area contributed by atoms with Crippen LogP contribution in [0.5, 0.6) is 11.5 Å². The molecule has 0 atom stereocenters. The van der Waals surface area contributed by atoms with E-state index in [4.69, 9.17) is 5.73 Å². The Morgan fingerprint density at radius 2 is 1.77 bits per heavy atom. The molecule has 0 fully saturated rings. The Morgan fingerprint density at radius 1 is 1.14 bits per heavy atom. The molecule has 0 radical (unpaired) electrons. The molecule has 0 heterocycles. The van der Waals surface area contributed by atoms with Crippen LogP contribution in [0.4, 0.5) is 5.69 Å². The maximum Gasteiger partial charge on any atom is 0.276 e. The number of hydrogen-bond acceptors (Lipinski definition) is 6. The number of rotatable bonds is 4. The Kier molecular flexibility index (Phi) is 4.22. The van der Waals surface area contributed by atoms with Crippen LogP contribution in [0.3, 0.4) is 0 Å². The molecule has 8 heteroatoms. The first-order valence-corrected chi connectivity index (χ1v) is 7.72.